The first-order chi connectivity index (χ1) is 7.77. The molecule has 0 amide bonds. The summed E-state index contributed by atoms with van der Waals surface area (Å²) in [5.74, 6) is 0.835. The van der Waals surface area contributed by atoms with E-state index in [9.17, 15) is 5.11 Å². The van der Waals surface area contributed by atoms with Crippen LogP contribution in [0.3, 0.4) is 0 Å². The molecule has 1 aromatic rings. The van der Waals surface area contributed by atoms with Gasteiger partial charge in [0.05, 0.1) is 13.2 Å². The van der Waals surface area contributed by atoms with E-state index < -0.39 is 0 Å². The largest absolute Gasteiger partial charge is 0.497 e. The monoisotopic (exact) mass is 222 g/mol. The summed E-state index contributed by atoms with van der Waals surface area (Å²) in [6.45, 7) is 2.19. The molecule has 0 saturated heterocycles. The Kier molecular flexibility index (Phi) is 5.94. The summed E-state index contributed by atoms with van der Waals surface area (Å²) in [6, 6.07) is 7.65. The first-order valence-electron chi connectivity index (χ1n) is 6.10. The minimum Gasteiger partial charge on any atom is -0.497 e. The maximum atomic E-state index is 9.94. The second kappa shape index (κ2) is 7.29. The van der Waals surface area contributed by atoms with E-state index in [1.54, 1.807) is 7.11 Å². The van der Waals surface area contributed by atoms with Gasteiger partial charge in [0.15, 0.2) is 0 Å². The van der Waals surface area contributed by atoms with E-state index in [4.69, 9.17) is 4.74 Å². The number of unbranched alkanes of at least 4 members (excludes halogenated alkanes) is 3. The number of hydrogen-bond donors (Lipinski definition) is 1. The van der Waals surface area contributed by atoms with Gasteiger partial charge in [0.2, 0.25) is 0 Å². The van der Waals surface area contributed by atoms with Crippen molar-refractivity contribution in [2.24, 2.45) is 0 Å². The molecule has 1 rings (SSSR count). The summed E-state index contributed by atoms with van der Waals surface area (Å²) in [5.41, 5.74) is 0.984. The van der Waals surface area contributed by atoms with Gasteiger partial charge in [-0.3, -0.25) is 0 Å². The quantitative estimate of drug-likeness (QED) is 0.713. The van der Waals surface area contributed by atoms with Gasteiger partial charge >= 0.3 is 0 Å². The fourth-order valence-corrected chi connectivity index (χ4v) is 1.76. The van der Waals surface area contributed by atoms with E-state index in [2.05, 4.69) is 6.92 Å². The molecule has 0 saturated carbocycles. The van der Waals surface area contributed by atoms with Crippen LogP contribution in [0.25, 0.3) is 0 Å². The van der Waals surface area contributed by atoms with E-state index in [-0.39, 0.29) is 6.10 Å². The van der Waals surface area contributed by atoms with E-state index in [0.29, 0.717) is 0 Å². The molecule has 2 nitrogen and oxygen atoms in total. The maximum absolute atomic E-state index is 9.94. The third kappa shape index (κ3) is 4.23. The summed E-state index contributed by atoms with van der Waals surface area (Å²) in [6.07, 6.45) is 5.33. The smallest absolute Gasteiger partial charge is 0.118 e. The average Bonchev–Trinajstić information content (AvgIpc) is 2.34. The number of hydrogen-bond acceptors (Lipinski definition) is 2. The van der Waals surface area contributed by atoms with Crippen molar-refractivity contribution in [2.75, 3.05) is 7.11 Å². The summed E-state index contributed by atoms with van der Waals surface area (Å²) in [7, 11) is 1.65. The predicted molar refractivity (Wildman–Crippen MR) is 66.7 cm³/mol. The van der Waals surface area contributed by atoms with Crippen molar-refractivity contribution in [3.63, 3.8) is 0 Å². The second-order valence-electron chi connectivity index (χ2n) is 4.14. The van der Waals surface area contributed by atoms with Crippen molar-refractivity contribution >= 4 is 0 Å². The van der Waals surface area contributed by atoms with Crippen LogP contribution >= 0.6 is 0 Å². The Labute approximate surface area is 98.3 Å². The zero-order valence-electron chi connectivity index (χ0n) is 10.3. The number of methoxy groups -OCH3 is 1. The summed E-state index contributed by atoms with van der Waals surface area (Å²) in [5, 5.41) is 9.94. The summed E-state index contributed by atoms with van der Waals surface area (Å²) >= 11 is 0. The van der Waals surface area contributed by atoms with E-state index in [0.717, 1.165) is 24.2 Å². The lowest BCUT2D eigenvalue weighted by molar-refractivity contribution is 0.163. The molecule has 0 aromatic heterocycles. The first kappa shape index (κ1) is 13.0. The molecule has 1 aromatic carbocycles. The average molecular weight is 222 g/mol. The van der Waals surface area contributed by atoms with Gasteiger partial charge in [0.1, 0.15) is 5.75 Å². The molecule has 1 atom stereocenters. The molecule has 0 spiro atoms. The van der Waals surface area contributed by atoms with Crippen molar-refractivity contribution in [1.82, 2.24) is 0 Å². The highest BCUT2D eigenvalue weighted by Gasteiger charge is 2.06. The Balaban J connectivity index is 2.37. The lowest BCUT2D eigenvalue weighted by Crippen LogP contribution is -1.97. The van der Waals surface area contributed by atoms with Gasteiger partial charge in [-0.05, 0) is 24.1 Å². The third-order valence-electron chi connectivity index (χ3n) is 2.83. The highest BCUT2D eigenvalue weighted by molar-refractivity contribution is 5.28. The summed E-state index contributed by atoms with van der Waals surface area (Å²) in [4.78, 5) is 0. The zero-order chi connectivity index (χ0) is 11.8. The Morgan fingerprint density at radius 2 is 1.81 bits per heavy atom. The number of aliphatic hydroxyl groups excluding tert-OH is 1. The van der Waals surface area contributed by atoms with Gasteiger partial charge in [0.25, 0.3) is 0 Å². The normalized spacial score (nSPS) is 12.4. The van der Waals surface area contributed by atoms with E-state index >= 15 is 0 Å². The van der Waals surface area contributed by atoms with Crippen molar-refractivity contribution in [3.05, 3.63) is 29.8 Å². The van der Waals surface area contributed by atoms with Gasteiger partial charge in [-0.2, -0.15) is 0 Å². The zero-order valence-corrected chi connectivity index (χ0v) is 10.3. The molecule has 90 valence electrons. The molecule has 1 N–H and O–H groups in total. The van der Waals surface area contributed by atoms with E-state index in [1.165, 1.54) is 19.3 Å². The first-order valence-corrected chi connectivity index (χ1v) is 6.10. The minimum absolute atomic E-state index is 0.331. The molecule has 0 aliphatic heterocycles. The number of ether oxygens (including phenoxy) is 1. The Bertz CT molecular complexity index is 279. The standard InChI is InChI=1S/C14H22O2/c1-3-4-5-6-7-14(15)12-8-10-13(16-2)11-9-12/h8-11,14-15H,3-7H2,1-2H3. The third-order valence-corrected chi connectivity index (χ3v) is 2.83. The highest BCUT2D eigenvalue weighted by atomic mass is 16.5. The van der Waals surface area contributed by atoms with Crippen LogP contribution in [-0.4, -0.2) is 12.2 Å². The fourth-order valence-electron chi connectivity index (χ4n) is 1.76. The van der Waals surface area contributed by atoms with Crippen LogP contribution in [0, 0.1) is 0 Å². The molecule has 16 heavy (non-hydrogen) atoms. The van der Waals surface area contributed by atoms with Gasteiger partial charge in [0, 0.05) is 0 Å². The van der Waals surface area contributed by atoms with Gasteiger partial charge < -0.3 is 9.84 Å². The van der Waals surface area contributed by atoms with Gasteiger partial charge in [-0.25, -0.2) is 0 Å². The lowest BCUT2D eigenvalue weighted by Gasteiger charge is -2.11. The van der Waals surface area contributed by atoms with Crippen molar-refractivity contribution in [2.45, 2.75) is 45.1 Å². The molecule has 0 bridgehead atoms. The molecule has 2 heteroatoms. The highest BCUT2D eigenvalue weighted by Crippen LogP contribution is 2.22. The molecule has 0 radical (unpaired) electrons. The van der Waals surface area contributed by atoms with Crippen molar-refractivity contribution < 1.29 is 9.84 Å². The maximum Gasteiger partial charge on any atom is 0.118 e. The Hall–Kier alpha value is -1.02. The topological polar surface area (TPSA) is 29.5 Å². The van der Waals surface area contributed by atoms with Crippen LogP contribution in [0.15, 0.2) is 24.3 Å². The second-order valence-corrected chi connectivity index (χ2v) is 4.14. The molecule has 1 unspecified atom stereocenters. The van der Waals surface area contributed by atoms with Gasteiger partial charge in [-0.1, -0.05) is 44.7 Å². The molecular weight excluding hydrogens is 200 g/mol. The minimum atomic E-state index is -0.331. The fraction of sp³-hybridized carbons (Fsp3) is 0.571. The molecule has 0 fully saturated rings. The number of aliphatic hydroxyl groups is 1. The Morgan fingerprint density at radius 3 is 2.38 bits per heavy atom. The van der Waals surface area contributed by atoms with Crippen LogP contribution in [0.5, 0.6) is 5.75 Å². The SMILES string of the molecule is CCCCCCC(O)c1ccc(OC)cc1. The van der Waals surface area contributed by atoms with Crippen LogP contribution in [0.1, 0.15) is 50.7 Å². The van der Waals surface area contributed by atoms with Crippen LogP contribution in [0.4, 0.5) is 0 Å². The molecular formula is C14H22O2. The summed E-state index contributed by atoms with van der Waals surface area (Å²) < 4.78 is 5.08. The van der Waals surface area contributed by atoms with Crippen molar-refractivity contribution in [1.29, 1.82) is 0 Å². The molecule has 0 aliphatic rings. The van der Waals surface area contributed by atoms with Crippen LogP contribution in [0.2, 0.25) is 0 Å². The van der Waals surface area contributed by atoms with Gasteiger partial charge in [-0.15, -0.1) is 0 Å². The number of rotatable bonds is 7. The lowest BCUT2D eigenvalue weighted by atomic mass is 10.0. The number of benzene rings is 1. The Morgan fingerprint density at radius 1 is 1.12 bits per heavy atom. The van der Waals surface area contributed by atoms with Crippen LogP contribution in [-0.2, 0) is 0 Å². The molecule has 0 heterocycles. The predicted octanol–water partition coefficient (Wildman–Crippen LogP) is 3.70. The van der Waals surface area contributed by atoms with Crippen LogP contribution < -0.4 is 4.74 Å². The van der Waals surface area contributed by atoms with E-state index in [1.807, 2.05) is 24.3 Å². The molecule has 0 aliphatic carbocycles. The van der Waals surface area contributed by atoms with Crippen molar-refractivity contribution in [3.8, 4) is 5.75 Å².